The number of likely N-dealkylation sites (tertiary alicyclic amines) is 1. The fraction of sp³-hybridized carbons (Fsp3) is 0.857. The molecule has 1 atom stereocenters. The molecule has 2 aliphatic rings. The van der Waals surface area contributed by atoms with Crippen LogP contribution in [0.3, 0.4) is 0 Å². The maximum Gasteiger partial charge on any atom is 0.224 e. The van der Waals surface area contributed by atoms with Crippen molar-refractivity contribution in [3.05, 3.63) is 0 Å². The van der Waals surface area contributed by atoms with Gasteiger partial charge in [0.15, 0.2) is 0 Å². The van der Waals surface area contributed by atoms with Crippen molar-refractivity contribution in [3.8, 4) is 0 Å². The van der Waals surface area contributed by atoms with E-state index < -0.39 is 0 Å². The molecule has 116 valence electrons. The van der Waals surface area contributed by atoms with Crippen LogP contribution in [0.15, 0.2) is 0 Å². The van der Waals surface area contributed by atoms with Crippen LogP contribution in [0.5, 0.6) is 0 Å². The van der Waals surface area contributed by atoms with Crippen LogP contribution in [-0.2, 0) is 9.59 Å². The third kappa shape index (κ3) is 5.67. The van der Waals surface area contributed by atoms with E-state index in [0.29, 0.717) is 25.4 Å². The molecular formula is C14H26ClN3O2. The number of nitrogens with zero attached hydrogens (tertiary/aromatic N) is 1. The molecule has 2 saturated heterocycles. The Bertz CT molecular complexity index is 314. The average Bonchev–Trinajstić information content (AvgIpc) is 2.92. The summed E-state index contributed by atoms with van der Waals surface area (Å²) in [6.45, 7) is 3.27. The Morgan fingerprint density at radius 2 is 1.90 bits per heavy atom. The van der Waals surface area contributed by atoms with Crippen LogP contribution in [0.25, 0.3) is 0 Å². The van der Waals surface area contributed by atoms with Crippen molar-refractivity contribution in [2.75, 3.05) is 26.2 Å². The third-order valence-electron chi connectivity index (χ3n) is 3.96. The van der Waals surface area contributed by atoms with Gasteiger partial charge in [-0.1, -0.05) is 0 Å². The highest BCUT2D eigenvalue weighted by molar-refractivity contribution is 5.85. The zero-order valence-corrected chi connectivity index (χ0v) is 12.8. The van der Waals surface area contributed by atoms with E-state index in [1.165, 1.54) is 6.42 Å². The van der Waals surface area contributed by atoms with Crippen molar-refractivity contribution in [3.63, 3.8) is 0 Å². The van der Waals surface area contributed by atoms with E-state index >= 15 is 0 Å². The van der Waals surface area contributed by atoms with Gasteiger partial charge in [0.05, 0.1) is 0 Å². The van der Waals surface area contributed by atoms with Crippen molar-refractivity contribution in [1.29, 1.82) is 0 Å². The Kier molecular flexibility index (Phi) is 7.92. The summed E-state index contributed by atoms with van der Waals surface area (Å²) in [6.07, 6.45) is 6.68. The number of hydrogen-bond donors (Lipinski definition) is 2. The quantitative estimate of drug-likeness (QED) is 0.798. The van der Waals surface area contributed by atoms with Gasteiger partial charge < -0.3 is 15.5 Å². The van der Waals surface area contributed by atoms with E-state index in [1.807, 2.05) is 4.90 Å². The minimum absolute atomic E-state index is 0. The number of hydrogen-bond acceptors (Lipinski definition) is 3. The Labute approximate surface area is 127 Å². The van der Waals surface area contributed by atoms with Crippen LogP contribution in [0.4, 0.5) is 0 Å². The van der Waals surface area contributed by atoms with Gasteiger partial charge in [-0.05, 0) is 38.6 Å². The summed E-state index contributed by atoms with van der Waals surface area (Å²) in [6, 6.07) is 0.331. The van der Waals surface area contributed by atoms with Gasteiger partial charge >= 0.3 is 0 Å². The molecule has 2 amide bonds. The van der Waals surface area contributed by atoms with E-state index in [1.54, 1.807) is 0 Å². The van der Waals surface area contributed by atoms with Crippen molar-refractivity contribution >= 4 is 24.2 Å². The smallest absolute Gasteiger partial charge is 0.224 e. The number of amides is 2. The molecule has 1 unspecified atom stereocenters. The molecule has 0 radical (unpaired) electrons. The molecule has 2 fully saturated rings. The number of rotatable bonds is 5. The molecule has 0 aromatic heterocycles. The molecule has 0 aromatic carbocycles. The summed E-state index contributed by atoms with van der Waals surface area (Å²) in [7, 11) is 0. The van der Waals surface area contributed by atoms with E-state index in [-0.39, 0.29) is 24.2 Å². The Hall–Kier alpha value is -0.810. The first-order valence-electron chi connectivity index (χ1n) is 7.53. The minimum Gasteiger partial charge on any atom is -0.356 e. The van der Waals surface area contributed by atoms with Crippen molar-refractivity contribution in [2.45, 2.75) is 51.0 Å². The van der Waals surface area contributed by atoms with Crippen LogP contribution < -0.4 is 10.6 Å². The number of piperidine rings is 1. The predicted octanol–water partition coefficient (Wildman–Crippen LogP) is 1.07. The van der Waals surface area contributed by atoms with Gasteiger partial charge in [0.1, 0.15) is 0 Å². The highest BCUT2D eigenvalue weighted by Gasteiger charge is 2.18. The lowest BCUT2D eigenvalue weighted by Crippen LogP contribution is -2.38. The summed E-state index contributed by atoms with van der Waals surface area (Å²) in [4.78, 5) is 25.5. The molecule has 2 rings (SSSR count). The molecular weight excluding hydrogens is 278 g/mol. The number of halogens is 1. The molecule has 20 heavy (non-hydrogen) atoms. The third-order valence-corrected chi connectivity index (χ3v) is 3.96. The summed E-state index contributed by atoms with van der Waals surface area (Å²) in [5, 5.41) is 6.16. The van der Waals surface area contributed by atoms with Gasteiger partial charge in [0, 0.05) is 38.5 Å². The summed E-state index contributed by atoms with van der Waals surface area (Å²) >= 11 is 0. The number of carbonyl (C=O) groups excluding carboxylic acids is 2. The van der Waals surface area contributed by atoms with Gasteiger partial charge in [-0.25, -0.2) is 0 Å². The van der Waals surface area contributed by atoms with Crippen molar-refractivity contribution in [2.24, 2.45) is 0 Å². The largest absolute Gasteiger partial charge is 0.356 e. The summed E-state index contributed by atoms with van der Waals surface area (Å²) < 4.78 is 0. The van der Waals surface area contributed by atoms with Crippen LogP contribution in [0.1, 0.15) is 44.9 Å². The molecule has 0 spiro atoms. The highest BCUT2D eigenvalue weighted by Crippen LogP contribution is 2.10. The second-order valence-corrected chi connectivity index (χ2v) is 5.54. The lowest BCUT2D eigenvalue weighted by molar-refractivity contribution is -0.132. The number of carbonyl (C=O) groups is 2. The second kappa shape index (κ2) is 9.19. The van der Waals surface area contributed by atoms with Crippen molar-refractivity contribution in [1.82, 2.24) is 15.5 Å². The second-order valence-electron chi connectivity index (χ2n) is 5.54. The first kappa shape index (κ1) is 17.2. The lowest BCUT2D eigenvalue weighted by atomic mass is 10.1. The van der Waals surface area contributed by atoms with E-state index in [9.17, 15) is 9.59 Å². The molecule has 0 saturated carbocycles. The minimum atomic E-state index is 0. The number of nitrogens with one attached hydrogen (secondary N) is 2. The zero-order chi connectivity index (χ0) is 13.5. The summed E-state index contributed by atoms with van der Waals surface area (Å²) in [5.41, 5.74) is 0. The van der Waals surface area contributed by atoms with Crippen LogP contribution >= 0.6 is 12.4 Å². The standard InChI is InChI=1S/C14H25N3O2.ClH/c18-13(11-12-5-4-7-15-12)16-8-6-14(19)17-9-2-1-3-10-17;/h12,15H,1-11H2,(H,16,18);1H. The van der Waals surface area contributed by atoms with Crippen LogP contribution in [0.2, 0.25) is 0 Å². The first-order valence-corrected chi connectivity index (χ1v) is 7.53. The van der Waals surface area contributed by atoms with E-state index in [4.69, 9.17) is 0 Å². The Balaban J connectivity index is 0.00000200. The molecule has 6 heteroatoms. The molecule has 5 nitrogen and oxygen atoms in total. The van der Waals surface area contributed by atoms with Crippen LogP contribution in [0, 0.1) is 0 Å². The van der Waals surface area contributed by atoms with Gasteiger partial charge in [-0.15, -0.1) is 12.4 Å². The Morgan fingerprint density at radius 1 is 1.15 bits per heavy atom. The van der Waals surface area contributed by atoms with E-state index in [0.717, 1.165) is 45.3 Å². The first-order chi connectivity index (χ1) is 9.25. The maximum atomic E-state index is 11.9. The van der Waals surface area contributed by atoms with Crippen molar-refractivity contribution < 1.29 is 9.59 Å². The molecule has 0 aliphatic carbocycles. The van der Waals surface area contributed by atoms with Crippen LogP contribution in [-0.4, -0.2) is 48.9 Å². The summed E-state index contributed by atoms with van der Waals surface area (Å²) in [5.74, 6) is 0.241. The average molecular weight is 304 g/mol. The van der Waals surface area contributed by atoms with Gasteiger partial charge in [0.2, 0.25) is 11.8 Å². The van der Waals surface area contributed by atoms with Gasteiger partial charge in [0.25, 0.3) is 0 Å². The molecule has 0 aromatic rings. The molecule has 2 heterocycles. The Morgan fingerprint density at radius 3 is 2.55 bits per heavy atom. The topological polar surface area (TPSA) is 61.4 Å². The monoisotopic (exact) mass is 303 g/mol. The fourth-order valence-corrected chi connectivity index (χ4v) is 2.84. The molecule has 2 N–H and O–H groups in total. The zero-order valence-electron chi connectivity index (χ0n) is 12.0. The van der Waals surface area contributed by atoms with Gasteiger partial charge in [-0.3, -0.25) is 9.59 Å². The highest BCUT2D eigenvalue weighted by atomic mass is 35.5. The normalized spacial score (nSPS) is 22.2. The molecule has 0 bridgehead atoms. The molecule has 2 aliphatic heterocycles. The maximum absolute atomic E-state index is 11.9. The van der Waals surface area contributed by atoms with Gasteiger partial charge in [-0.2, -0.15) is 0 Å². The SMILES string of the molecule is Cl.O=C(CC1CCCN1)NCCC(=O)N1CCCCC1. The fourth-order valence-electron chi connectivity index (χ4n) is 2.84. The van der Waals surface area contributed by atoms with E-state index in [2.05, 4.69) is 10.6 Å². The predicted molar refractivity (Wildman–Crippen MR) is 80.9 cm³/mol. The lowest BCUT2D eigenvalue weighted by Gasteiger charge is -2.26.